The molecule has 3 aromatic rings. The smallest absolute Gasteiger partial charge is 0.416 e. The van der Waals surface area contributed by atoms with E-state index in [1.807, 2.05) is 45.0 Å². The standard InChI is InChI=1S/C29H31F3O4S/c1-4-21-17-24(12-9-22(21)10-14-28(33)34)37-16-15-20(3)35-26-13-11-23(29(30,31)32)18-27(26)36-25-8-6-5-7-19(25)2/h5-9,11-13,17-18,20H,4,10,14-16H2,1-3H3,(H,33,34)/t20-/m1/s1. The lowest BCUT2D eigenvalue weighted by Crippen LogP contribution is -2.14. The third-order valence-corrected chi connectivity index (χ3v) is 6.90. The summed E-state index contributed by atoms with van der Waals surface area (Å²) in [6, 6.07) is 16.5. The minimum atomic E-state index is -4.49. The molecule has 198 valence electrons. The first-order chi connectivity index (χ1) is 17.6. The Balaban J connectivity index is 1.65. The number of rotatable bonds is 12. The second-order valence-corrected chi connectivity index (χ2v) is 9.94. The van der Waals surface area contributed by atoms with Gasteiger partial charge in [-0.15, -0.1) is 11.8 Å². The van der Waals surface area contributed by atoms with Crippen LogP contribution in [0.25, 0.3) is 0 Å². The Labute approximate surface area is 219 Å². The van der Waals surface area contributed by atoms with E-state index < -0.39 is 17.7 Å². The Morgan fingerprint density at radius 1 is 1.00 bits per heavy atom. The van der Waals surface area contributed by atoms with Gasteiger partial charge in [-0.05, 0) is 86.2 Å². The van der Waals surface area contributed by atoms with Crippen LogP contribution in [0, 0.1) is 6.92 Å². The molecule has 3 aromatic carbocycles. The van der Waals surface area contributed by atoms with Gasteiger partial charge in [0.2, 0.25) is 0 Å². The van der Waals surface area contributed by atoms with Crippen LogP contribution in [-0.4, -0.2) is 22.9 Å². The van der Waals surface area contributed by atoms with Gasteiger partial charge < -0.3 is 14.6 Å². The molecule has 0 radical (unpaired) electrons. The molecule has 37 heavy (non-hydrogen) atoms. The number of para-hydroxylation sites is 1. The zero-order valence-electron chi connectivity index (χ0n) is 21.1. The molecule has 0 aliphatic rings. The molecule has 0 saturated carbocycles. The Bertz CT molecular complexity index is 1210. The summed E-state index contributed by atoms with van der Waals surface area (Å²) in [6.45, 7) is 5.75. The molecule has 4 nitrogen and oxygen atoms in total. The Morgan fingerprint density at radius 3 is 2.43 bits per heavy atom. The largest absolute Gasteiger partial charge is 0.487 e. The van der Waals surface area contributed by atoms with Crippen molar-refractivity contribution in [3.05, 3.63) is 82.9 Å². The fraction of sp³-hybridized carbons (Fsp3) is 0.345. The van der Waals surface area contributed by atoms with Crippen LogP contribution < -0.4 is 9.47 Å². The molecule has 3 rings (SSSR count). The summed E-state index contributed by atoms with van der Waals surface area (Å²) in [4.78, 5) is 12.0. The van der Waals surface area contributed by atoms with E-state index in [2.05, 4.69) is 6.07 Å². The molecule has 0 amide bonds. The van der Waals surface area contributed by atoms with Crippen molar-refractivity contribution in [1.82, 2.24) is 0 Å². The van der Waals surface area contributed by atoms with Crippen LogP contribution in [0.2, 0.25) is 0 Å². The van der Waals surface area contributed by atoms with Gasteiger partial charge in [-0.2, -0.15) is 13.2 Å². The summed E-state index contributed by atoms with van der Waals surface area (Å²) in [6.07, 6.45) is -2.66. The van der Waals surface area contributed by atoms with Crippen LogP contribution in [0.1, 0.15) is 48.9 Å². The maximum Gasteiger partial charge on any atom is 0.416 e. The molecule has 8 heteroatoms. The summed E-state index contributed by atoms with van der Waals surface area (Å²) >= 11 is 1.66. The van der Waals surface area contributed by atoms with E-state index in [9.17, 15) is 18.0 Å². The molecule has 0 saturated heterocycles. The number of thioether (sulfide) groups is 1. The fourth-order valence-electron chi connectivity index (χ4n) is 3.78. The lowest BCUT2D eigenvalue weighted by molar-refractivity contribution is -0.138. The zero-order chi connectivity index (χ0) is 27.0. The number of aliphatic carboxylic acids is 1. The summed E-state index contributed by atoms with van der Waals surface area (Å²) in [7, 11) is 0. The van der Waals surface area contributed by atoms with Crippen molar-refractivity contribution in [1.29, 1.82) is 0 Å². The monoisotopic (exact) mass is 532 g/mol. The first-order valence-electron chi connectivity index (χ1n) is 12.1. The van der Waals surface area contributed by atoms with Gasteiger partial charge in [-0.3, -0.25) is 4.79 Å². The molecule has 0 spiro atoms. The van der Waals surface area contributed by atoms with E-state index in [4.69, 9.17) is 14.6 Å². The van der Waals surface area contributed by atoms with Crippen LogP contribution in [0.4, 0.5) is 13.2 Å². The van der Waals surface area contributed by atoms with Gasteiger partial charge in [0.1, 0.15) is 5.75 Å². The van der Waals surface area contributed by atoms with Crippen molar-refractivity contribution in [2.24, 2.45) is 0 Å². The van der Waals surface area contributed by atoms with Crippen molar-refractivity contribution in [2.75, 3.05) is 5.75 Å². The lowest BCUT2D eigenvalue weighted by atomic mass is 10.0. The SMILES string of the molecule is CCc1cc(SCC[C@@H](C)Oc2ccc(C(F)(F)F)cc2Oc2ccccc2C)ccc1CCC(=O)O. The normalized spacial score (nSPS) is 12.3. The highest BCUT2D eigenvalue weighted by molar-refractivity contribution is 7.99. The quantitative estimate of drug-likeness (QED) is 0.238. The number of aryl methyl sites for hydroxylation is 3. The van der Waals surface area contributed by atoms with Crippen LogP contribution in [0.5, 0.6) is 17.2 Å². The first-order valence-corrected chi connectivity index (χ1v) is 13.1. The van der Waals surface area contributed by atoms with Crippen molar-refractivity contribution >= 4 is 17.7 Å². The Morgan fingerprint density at radius 2 is 1.76 bits per heavy atom. The van der Waals surface area contributed by atoms with Crippen LogP contribution >= 0.6 is 11.8 Å². The topological polar surface area (TPSA) is 55.8 Å². The number of carbonyl (C=O) groups is 1. The van der Waals surface area contributed by atoms with Gasteiger partial charge in [0.15, 0.2) is 11.5 Å². The predicted molar refractivity (Wildman–Crippen MR) is 140 cm³/mol. The summed E-state index contributed by atoms with van der Waals surface area (Å²) in [5.74, 6) is 0.675. The van der Waals surface area contributed by atoms with Crippen molar-refractivity contribution in [3.8, 4) is 17.2 Å². The van der Waals surface area contributed by atoms with Gasteiger partial charge in [0.25, 0.3) is 0 Å². The van der Waals surface area contributed by atoms with E-state index in [1.165, 1.54) is 6.07 Å². The molecule has 0 aliphatic carbocycles. The molecule has 0 unspecified atom stereocenters. The Hall–Kier alpha value is -3.13. The highest BCUT2D eigenvalue weighted by Crippen LogP contribution is 2.39. The molecule has 1 N–H and O–H groups in total. The van der Waals surface area contributed by atoms with E-state index in [1.54, 1.807) is 23.9 Å². The predicted octanol–water partition coefficient (Wildman–Crippen LogP) is 8.34. The van der Waals surface area contributed by atoms with Gasteiger partial charge in [-0.25, -0.2) is 0 Å². The number of ether oxygens (including phenoxy) is 2. The molecule has 0 fully saturated rings. The second kappa shape index (κ2) is 12.9. The maximum atomic E-state index is 13.3. The van der Waals surface area contributed by atoms with Crippen LogP contribution in [-0.2, 0) is 23.8 Å². The molecule has 0 bridgehead atoms. The minimum Gasteiger partial charge on any atom is -0.487 e. The summed E-state index contributed by atoms with van der Waals surface area (Å²) < 4.78 is 51.9. The summed E-state index contributed by atoms with van der Waals surface area (Å²) in [5.41, 5.74) is 2.19. The third kappa shape index (κ3) is 8.45. The molecule has 0 aromatic heterocycles. The number of hydrogen-bond acceptors (Lipinski definition) is 4. The molecular weight excluding hydrogens is 501 g/mol. The Kier molecular flexibility index (Phi) is 9.92. The highest BCUT2D eigenvalue weighted by Gasteiger charge is 2.32. The lowest BCUT2D eigenvalue weighted by Gasteiger charge is -2.19. The number of hydrogen-bond donors (Lipinski definition) is 1. The van der Waals surface area contributed by atoms with Crippen molar-refractivity contribution in [3.63, 3.8) is 0 Å². The van der Waals surface area contributed by atoms with Gasteiger partial charge in [0, 0.05) is 17.1 Å². The van der Waals surface area contributed by atoms with E-state index in [0.29, 0.717) is 18.6 Å². The van der Waals surface area contributed by atoms with Crippen LogP contribution in [0.3, 0.4) is 0 Å². The van der Waals surface area contributed by atoms with Crippen LogP contribution in [0.15, 0.2) is 65.6 Å². The highest BCUT2D eigenvalue weighted by atomic mass is 32.2. The van der Waals surface area contributed by atoms with E-state index in [0.717, 1.165) is 45.9 Å². The number of alkyl halides is 3. The van der Waals surface area contributed by atoms with Gasteiger partial charge >= 0.3 is 12.1 Å². The van der Waals surface area contributed by atoms with Crippen molar-refractivity contribution in [2.45, 2.75) is 63.6 Å². The molecule has 0 aliphatic heterocycles. The second-order valence-electron chi connectivity index (χ2n) is 8.77. The average molecular weight is 533 g/mol. The molecule has 1 atom stereocenters. The number of carboxylic acids is 1. The average Bonchev–Trinajstić information content (AvgIpc) is 2.84. The zero-order valence-corrected chi connectivity index (χ0v) is 21.9. The van der Waals surface area contributed by atoms with Crippen molar-refractivity contribution < 1.29 is 32.5 Å². The maximum absolute atomic E-state index is 13.3. The first kappa shape index (κ1) is 28.4. The van der Waals surface area contributed by atoms with Gasteiger partial charge in [-0.1, -0.05) is 31.2 Å². The number of benzene rings is 3. The molecule has 0 heterocycles. The number of carboxylic acid groups (broad SMARTS) is 1. The van der Waals surface area contributed by atoms with Gasteiger partial charge in [0.05, 0.1) is 11.7 Å². The minimum absolute atomic E-state index is 0.0214. The van der Waals surface area contributed by atoms with E-state index in [-0.39, 0.29) is 24.0 Å². The van der Waals surface area contributed by atoms with E-state index >= 15 is 0 Å². The molecular formula is C29H31F3O4S. The summed E-state index contributed by atoms with van der Waals surface area (Å²) in [5, 5.41) is 8.95. The third-order valence-electron chi connectivity index (χ3n) is 5.87. The number of halogens is 3. The fourth-order valence-corrected chi connectivity index (χ4v) is 4.85.